The first-order valence-electron chi connectivity index (χ1n) is 5.95. The van der Waals surface area contributed by atoms with Gasteiger partial charge in [-0.05, 0) is 24.6 Å². The summed E-state index contributed by atoms with van der Waals surface area (Å²) in [7, 11) is 2.12. The average molecular weight is 230 g/mol. The van der Waals surface area contributed by atoms with Crippen molar-refractivity contribution < 1.29 is 9.47 Å². The van der Waals surface area contributed by atoms with Gasteiger partial charge >= 0.3 is 0 Å². The van der Waals surface area contributed by atoms with E-state index < -0.39 is 0 Å². The molecule has 0 spiro atoms. The minimum absolute atomic E-state index is 0.343. The highest BCUT2D eigenvalue weighted by molar-refractivity contribution is 5.89. The van der Waals surface area contributed by atoms with Crippen LogP contribution in [-0.4, -0.2) is 17.9 Å². The normalized spacial score (nSPS) is 17.5. The van der Waals surface area contributed by atoms with Crippen LogP contribution in [0.4, 0.5) is 0 Å². The van der Waals surface area contributed by atoms with Crippen LogP contribution in [0.3, 0.4) is 0 Å². The Morgan fingerprint density at radius 3 is 2.94 bits per heavy atom. The summed E-state index contributed by atoms with van der Waals surface area (Å²) in [5, 5.41) is 4.73. The maximum Gasteiger partial charge on any atom is 0.231 e. The molecule has 0 radical (unpaired) electrons. The van der Waals surface area contributed by atoms with Crippen molar-refractivity contribution in [1.29, 1.82) is 0 Å². The second-order valence-electron chi connectivity index (χ2n) is 4.63. The van der Waals surface area contributed by atoms with Gasteiger partial charge in [-0.1, -0.05) is 0 Å². The Morgan fingerprint density at radius 1 is 1.24 bits per heavy atom. The van der Waals surface area contributed by atoms with Crippen molar-refractivity contribution in [2.75, 3.05) is 13.3 Å². The van der Waals surface area contributed by atoms with E-state index in [9.17, 15) is 0 Å². The molecule has 3 heterocycles. The molecule has 0 saturated heterocycles. The van der Waals surface area contributed by atoms with E-state index in [0.717, 1.165) is 31.0 Å². The number of aryl methyl sites for hydroxylation is 1. The van der Waals surface area contributed by atoms with Gasteiger partial charge in [0.15, 0.2) is 11.5 Å². The Kier molecular flexibility index (Phi) is 1.74. The standard InChI is InChI=1S/C13H14N2O2/c1-15-10-5-13-12(16-7-17-13)4-9(10)8-2-3-14-6-11(8)15/h4-5,14H,2-3,6-7H2,1H3. The van der Waals surface area contributed by atoms with Crippen molar-refractivity contribution in [1.82, 2.24) is 9.88 Å². The zero-order valence-corrected chi connectivity index (χ0v) is 9.75. The largest absolute Gasteiger partial charge is 0.454 e. The van der Waals surface area contributed by atoms with Crippen LogP contribution in [0.2, 0.25) is 0 Å². The molecular weight excluding hydrogens is 216 g/mol. The fourth-order valence-corrected chi connectivity index (χ4v) is 2.88. The molecule has 2 aromatic rings. The molecule has 1 N–H and O–H groups in total. The predicted octanol–water partition coefficient (Wildman–Crippen LogP) is 1.55. The maximum atomic E-state index is 5.46. The van der Waals surface area contributed by atoms with E-state index in [1.807, 2.05) is 0 Å². The van der Waals surface area contributed by atoms with E-state index in [4.69, 9.17) is 9.47 Å². The number of aromatic nitrogens is 1. The number of rotatable bonds is 0. The summed E-state index contributed by atoms with van der Waals surface area (Å²) < 4.78 is 13.2. The van der Waals surface area contributed by atoms with Gasteiger partial charge in [0.1, 0.15) is 0 Å². The molecule has 0 saturated carbocycles. The highest BCUT2D eigenvalue weighted by atomic mass is 16.7. The van der Waals surface area contributed by atoms with E-state index in [2.05, 4.69) is 29.1 Å². The van der Waals surface area contributed by atoms with Gasteiger partial charge in [-0.25, -0.2) is 0 Å². The summed E-state index contributed by atoms with van der Waals surface area (Å²) in [4.78, 5) is 0. The van der Waals surface area contributed by atoms with Crippen molar-refractivity contribution >= 4 is 10.9 Å². The molecule has 1 aromatic carbocycles. The molecule has 0 atom stereocenters. The minimum Gasteiger partial charge on any atom is -0.454 e. The molecule has 88 valence electrons. The van der Waals surface area contributed by atoms with Gasteiger partial charge in [0, 0.05) is 30.7 Å². The maximum absolute atomic E-state index is 5.46. The SMILES string of the molecule is Cn1c2c(c3cc4c(cc31)OCO4)CCNC2. The number of hydrogen-bond acceptors (Lipinski definition) is 3. The van der Waals surface area contributed by atoms with Crippen molar-refractivity contribution in [3.63, 3.8) is 0 Å². The first-order valence-corrected chi connectivity index (χ1v) is 5.95. The fourth-order valence-electron chi connectivity index (χ4n) is 2.88. The molecule has 0 fully saturated rings. The molecule has 0 bridgehead atoms. The molecule has 1 aromatic heterocycles. The first-order chi connectivity index (χ1) is 8.34. The van der Waals surface area contributed by atoms with Crippen LogP contribution < -0.4 is 14.8 Å². The molecule has 4 rings (SSSR count). The van der Waals surface area contributed by atoms with E-state index >= 15 is 0 Å². The fraction of sp³-hybridized carbons (Fsp3) is 0.385. The van der Waals surface area contributed by atoms with Gasteiger partial charge in [-0.15, -0.1) is 0 Å². The molecule has 17 heavy (non-hydrogen) atoms. The number of benzene rings is 1. The van der Waals surface area contributed by atoms with E-state index in [1.165, 1.54) is 22.2 Å². The monoisotopic (exact) mass is 230 g/mol. The molecule has 0 amide bonds. The Morgan fingerprint density at radius 2 is 2.06 bits per heavy atom. The van der Waals surface area contributed by atoms with Crippen LogP contribution in [0.15, 0.2) is 12.1 Å². The molecule has 4 nitrogen and oxygen atoms in total. The second kappa shape index (κ2) is 3.17. The van der Waals surface area contributed by atoms with E-state index in [-0.39, 0.29) is 0 Å². The molecule has 4 heteroatoms. The first kappa shape index (κ1) is 9.36. The smallest absolute Gasteiger partial charge is 0.231 e. The summed E-state index contributed by atoms with van der Waals surface area (Å²) in [5.41, 5.74) is 4.08. The van der Waals surface area contributed by atoms with Crippen molar-refractivity contribution in [2.24, 2.45) is 7.05 Å². The zero-order valence-electron chi connectivity index (χ0n) is 9.75. The number of hydrogen-bond donors (Lipinski definition) is 1. The number of nitrogens with zero attached hydrogens (tertiary/aromatic N) is 1. The lowest BCUT2D eigenvalue weighted by Gasteiger charge is -2.14. The Bertz CT molecular complexity index is 616. The summed E-state index contributed by atoms with van der Waals surface area (Å²) in [6.07, 6.45) is 1.09. The Balaban J connectivity index is 2.07. The quantitative estimate of drug-likeness (QED) is 0.746. The van der Waals surface area contributed by atoms with Crippen molar-refractivity contribution in [3.05, 3.63) is 23.4 Å². The van der Waals surface area contributed by atoms with E-state index in [1.54, 1.807) is 0 Å². The highest BCUT2D eigenvalue weighted by Crippen LogP contribution is 2.39. The second-order valence-corrected chi connectivity index (χ2v) is 4.63. The lowest BCUT2D eigenvalue weighted by atomic mass is 10.0. The van der Waals surface area contributed by atoms with Crippen molar-refractivity contribution in [3.8, 4) is 11.5 Å². The van der Waals surface area contributed by atoms with Crippen LogP contribution in [0.25, 0.3) is 10.9 Å². The van der Waals surface area contributed by atoms with Crippen LogP contribution in [0.5, 0.6) is 11.5 Å². The summed E-state index contributed by atoms with van der Waals surface area (Å²) in [5.74, 6) is 1.74. The third kappa shape index (κ3) is 1.16. The van der Waals surface area contributed by atoms with Gasteiger partial charge in [0.2, 0.25) is 6.79 Å². The summed E-state index contributed by atoms with van der Waals surface area (Å²) in [6, 6.07) is 4.22. The highest BCUT2D eigenvalue weighted by Gasteiger charge is 2.22. The van der Waals surface area contributed by atoms with Crippen LogP contribution in [0.1, 0.15) is 11.3 Å². The lowest BCUT2D eigenvalue weighted by molar-refractivity contribution is 0.174. The van der Waals surface area contributed by atoms with Crippen molar-refractivity contribution in [2.45, 2.75) is 13.0 Å². The summed E-state index contributed by atoms with van der Waals surface area (Å²) >= 11 is 0. The van der Waals surface area contributed by atoms with E-state index in [0.29, 0.717) is 6.79 Å². The van der Waals surface area contributed by atoms with Gasteiger partial charge < -0.3 is 19.4 Å². The van der Waals surface area contributed by atoms with Gasteiger partial charge in [0.05, 0.1) is 5.52 Å². The topological polar surface area (TPSA) is 35.4 Å². The van der Waals surface area contributed by atoms with Gasteiger partial charge in [-0.2, -0.15) is 0 Å². The molecule has 2 aliphatic heterocycles. The third-order valence-electron chi connectivity index (χ3n) is 3.77. The zero-order chi connectivity index (χ0) is 11.4. The number of nitrogens with one attached hydrogen (secondary N) is 1. The Labute approximate surface area is 99.1 Å². The summed E-state index contributed by atoms with van der Waals surface area (Å²) in [6.45, 7) is 2.35. The lowest BCUT2D eigenvalue weighted by Crippen LogP contribution is -2.24. The molecular formula is C13H14N2O2. The van der Waals surface area contributed by atoms with Crippen LogP contribution >= 0.6 is 0 Å². The van der Waals surface area contributed by atoms with Gasteiger partial charge in [-0.3, -0.25) is 0 Å². The van der Waals surface area contributed by atoms with Crippen LogP contribution in [0, 0.1) is 0 Å². The number of ether oxygens (including phenoxy) is 2. The Hall–Kier alpha value is -1.68. The van der Waals surface area contributed by atoms with Gasteiger partial charge in [0.25, 0.3) is 0 Å². The minimum atomic E-state index is 0.343. The predicted molar refractivity (Wildman–Crippen MR) is 64.5 cm³/mol. The molecule has 0 unspecified atom stereocenters. The number of fused-ring (bicyclic) bond motifs is 4. The molecule has 2 aliphatic rings. The average Bonchev–Trinajstić information content (AvgIpc) is 2.92. The van der Waals surface area contributed by atoms with Crippen LogP contribution in [-0.2, 0) is 20.0 Å². The third-order valence-corrected chi connectivity index (χ3v) is 3.77. The molecule has 0 aliphatic carbocycles.